The zero-order valence-corrected chi connectivity index (χ0v) is 41.0. The second-order valence-electron chi connectivity index (χ2n) is 18.8. The van der Waals surface area contributed by atoms with Crippen LogP contribution in [0.1, 0.15) is 151 Å². The van der Waals surface area contributed by atoms with E-state index in [1.807, 2.05) is 58.9 Å². The topological polar surface area (TPSA) is 317 Å². The molecule has 0 bridgehead atoms. The molecule has 68 heavy (non-hydrogen) atoms. The second-order valence-corrected chi connectivity index (χ2v) is 18.8. The number of esters is 2. The van der Waals surface area contributed by atoms with Crippen LogP contribution in [0, 0.1) is 47.3 Å². The van der Waals surface area contributed by atoms with Gasteiger partial charge in [-0.25, -0.2) is 0 Å². The highest BCUT2D eigenvalue weighted by Crippen LogP contribution is 2.26. The number of ether oxygens (including phenoxy) is 2. The van der Waals surface area contributed by atoms with Crippen LogP contribution in [0.2, 0.25) is 0 Å². The molecule has 0 aliphatic carbocycles. The lowest BCUT2D eigenvalue weighted by Crippen LogP contribution is -2.28. The lowest BCUT2D eigenvalue weighted by atomic mass is 9.86. The Balaban J connectivity index is 5.42. The summed E-state index contributed by atoms with van der Waals surface area (Å²) in [5.74, 6) is -13.2. The predicted molar refractivity (Wildman–Crippen MR) is 250 cm³/mol. The molecule has 0 aromatic heterocycles. The number of carbonyl (C=O) groups is 8. The average molecular weight is 969 g/mol. The molecule has 11 unspecified atom stereocenters. The van der Waals surface area contributed by atoms with Gasteiger partial charge in [0.1, 0.15) is 11.9 Å². The van der Waals surface area contributed by atoms with E-state index in [1.54, 1.807) is 6.92 Å². The van der Waals surface area contributed by atoms with Crippen molar-refractivity contribution < 1.29 is 88.7 Å². The lowest BCUT2D eigenvalue weighted by molar-refractivity contribution is -0.157. The number of allylic oxidation sites excluding steroid dienone is 4. The van der Waals surface area contributed by atoms with Gasteiger partial charge in [-0.2, -0.15) is 0 Å². The summed E-state index contributed by atoms with van der Waals surface area (Å²) >= 11 is 0. The van der Waals surface area contributed by atoms with Crippen molar-refractivity contribution in [2.24, 2.45) is 47.3 Å². The van der Waals surface area contributed by atoms with E-state index in [-0.39, 0.29) is 55.3 Å². The smallest absolute Gasteiger partial charge is 0.307 e. The SMILES string of the molecule is CC(=CC(C)C(O)C(C)CCC(CCCCC=CC(C)CCC(C)OC(=O)CC(CC(=O)O)C(=O)O)OC(=O)CC(CC(=O)O)C(=O)O)CC(C)C=C(CO)CCC(=O)C(CO)CC(C)C(=O)O. The maximum atomic E-state index is 12.9. The molecule has 0 rings (SSSR count). The van der Waals surface area contributed by atoms with Crippen LogP contribution < -0.4 is 0 Å². The van der Waals surface area contributed by atoms with Crippen molar-refractivity contribution in [3.63, 3.8) is 0 Å². The number of hydrogen-bond donors (Lipinski definition) is 8. The highest BCUT2D eigenvalue weighted by molar-refractivity contribution is 5.84. The fourth-order valence-corrected chi connectivity index (χ4v) is 7.96. The number of rotatable bonds is 39. The zero-order chi connectivity index (χ0) is 52.1. The molecule has 8 N–H and O–H groups in total. The molecule has 0 amide bonds. The molecule has 0 fully saturated rings. The van der Waals surface area contributed by atoms with E-state index in [2.05, 4.69) is 0 Å². The number of aliphatic hydroxyl groups excluding tert-OH is 3. The summed E-state index contributed by atoms with van der Waals surface area (Å²) in [5, 5.41) is 76.8. The molecule has 0 aromatic rings. The van der Waals surface area contributed by atoms with E-state index in [1.165, 1.54) is 6.92 Å². The Morgan fingerprint density at radius 2 is 1.16 bits per heavy atom. The third-order valence-electron chi connectivity index (χ3n) is 12.0. The molecule has 18 nitrogen and oxygen atoms in total. The van der Waals surface area contributed by atoms with Crippen LogP contribution in [0.3, 0.4) is 0 Å². The fourth-order valence-electron chi connectivity index (χ4n) is 7.96. The number of aliphatic hydroxyl groups is 3. The first-order valence-electron chi connectivity index (χ1n) is 23.8. The summed E-state index contributed by atoms with van der Waals surface area (Å²) in [6.07, 6.45) is 8.95. The van der Waals surface area contributed by atoms with Crippen molar-refractivity contribution in [2.75, 3.05) is 13.2 Å². The molecular weight excluding hydrogens is 889 g/mol. The molecule has 18 heteroatoms. The van der Waals surface area contributed by atoms with Gasteiger partial charge in [-0.15, -0.1) is 0 Å². The van der Waals surface area contributed by atoms with Gasteiger partial charge in [0.2, 0.25) is 0 Å². The van der Waals surface area contributed by atoms with Crippen LogP contribution in [-0.4, -0.2) is 120 Å². The minimum atomic E-state index is -1.45. The Labute approximate surface area is 400 Å². The molecule has 0 aliphatic heterocycles. The van der Waals surface area contributed by atoms with Crippen molar-refractivity contribution in [2.45, 2.75) is 170 Å². The molecule has 0 aliphatic rings. The summed E-state index contributed by atoms with van der Waals surface area (Å²) in [4.78, 5) is 94.0. The van der Waals surface area contributed by atoms with E-state index in [0.29, 0.717) is 56.9 Å². The van der Waals surface area contributed by atoms with Gasteiger partial charge in [-0.05, 0) is 108 Å². The highest BCUT2D eigenvalue weighted by Gasteiger charge is 2.29. The first-order chi connectivity index (χ1) is 31.8. The fraction of sp³-hybridized carbons (Fsp3) is 0.720. The van der Waals surface area contributed by atoms with E-state index in [4.69, 9.17) is 24.8 Å². The molecule has 11 atom stereocenters. The Morgan fingerprint density at radius 1 is 0.588 bits per heavy atom. The van der Waals surface area contributed by atoms with E-state index >= 15 is 0 Å². The third kappa shape index (κ3) is 29.1. The minimum Gasteiger partial charge on any atom is -0.481 e. The van der Waals surface area contributed by atoms with Gasteiger partial charge in [0.15, 0.2) is 0 Å². The Morgan fingerprint density at radius 3 is 1.68 bits per heavy atom. The van der Waals surface area contributed by atoms with Gasteiger partial charge in [0.25, 0.3) is 0 Å². The maximum Gasteiger partial charge on any atom is 0.307 e. The number of carbonyl (C=O) groups excluding carboxylic acids is 3. The van der Waals surface area contributed by atoms with Crippen LogP contribution in [0.5, 0.6) is 0 Å². The van der Waals surface area contributed by atoms with Crippen LogP contribution in [0.15, 0.2) is 35.5 Å². The van der Waals surface area contributed by atoms with Gasteiger partial charge in [-0.3, -0.25) is 38.4 Å². The summed E-state index contributed by atoms with van der Waals surface area (Å²) in [5.41, 5.74) is 1.65. The molecule has 0 heterocycles. The van der Waals surface area contributed by atoms with Gasteiger partial charge in [-0.1, -0.05) is 64.5 Å². The number of aliphatic carboxylic acids is 5. The zero-order valence-electron chi connectivity index (χ0n) is 41.0. The quantitative estimate of drug-likeness (QED) is 0.0177. The molecule has 0 saturated heterocycles. The Kier molecular flexibility index (Phi) is 31.9. The van der Waals surface area contributed by atoms with E-state index in [9.17, 15) is 63.9 Å². The van der Waals surface area contributed by atoms with Gasteiger partial charge >= 0.3 is 41.8 Å². The van der Waals surface area contributed by atoms with Crippen LogP contribution in [-0.2, 0) is 47.8 Å². The number of unbranched alkanes of at least 4 members (excludes halogenated alkanes) is 2. The van der Waals surface area contributed by atoms with Gasteiger partial charge < -0.3 is 50.3 Å². The first-order valence-corrected chi connectivity index (χ1v) is 23.8. The summed E-state index contributed by atoms with van der Waals surface area (Å²) < 4.78 is 11.0. The van der Waals surface area contributed by atoms with Crippen LogP contribution >= 0.6 is 0 Å². The Hall–Kier alpha value is -4.94. The number of hydrogen-bond acceptors (Lipinski definition) is 13. The normalized spacial score (nSPS) is 17.1. The van der Waals surface area contributed by atoms with Gasteiger partial charge in [0, 0.05) is 18.3 Å². The largest absolute Gasteiger partial charge is 0.481 e. The average Bonchev–Trinajstić information content (AvgIpc) is 3.24. The Bertz CT molecular complexity index is 1700. The highest BCUT2D eigenvalue weighted by atomic mass is 16.5. The van der Waals surface area contributed by atoms with E-state index < -0.39 is 116 Å². The monoisotopic (exact) mass is 969 g/mol. The van der Waals surface area contributed by atoms with Crippen LogP contribution in [0.4, 0.5) is 0 Å². The molecule has 0 aromatic carbocycles. The predicted octanol–water partition coefficient (Wildman–Crippen LogP) is 6.87. The summed E-state index contributed by atoms with van der Waals surface area (Å²) in [6, 6.07) is 0. The summed E-state index contributed by atoms with van der Waals surface area (Å²) in [6.45, 7) is 12.1. The third-order valence-corrected chi connectivity index (χ3v) is 12.0. The van der Waals surface area contributed by atoms with Crippen molar-refractivity contribution in [3.05, 3.63) is 35.5 Å². The number of ketones is 1. The molecule has 388 valence electrons. The number of carboxylic acids is 5. The molecular formula is C50H80O18. The summed E-state index contributed by atoms with van der Waals surface area (Å²) in [7, 11) is 0. The van der Waals surface area contributed by atoms with Gasteiger partial charge in [0.05, 0.1) is 68.9 Å². The first kappa shape index (κ1) is 63.1. The maximum absolute atomic E-state index is 12.9. The molecule has 0 spiro atoms. The second kappa shape index (κ2) is 34.4. The van der Waals surface area contributed by atoms with Crippen molar-refractivity contribution >= 4 is 47.6 Å². The standard InChI is InChI=1S/C50H80O18/c1-30(14-16-36(7)67-45(58)26-38(49(63)64)24-43(54)55)12-10-8-9-11-13-41(68-46(59)27-39(50(65)66)25-44(56)57)18-15-33(4)47(60)34(5)21-31(2)20-32(3)22-37(28-51)17-19-42(53)40(29-52)23-35(6)48(61)62/h10,12,21-22,30,32-36,38-41,47,51-52,60H,8-9,11,13-20,23-29H2,1-7H3,(H,54,55)(H,56,57)(H,61,62)(H,63,64)(H,65,66). The number of Topliss-reactive ketones (excluding diaryl/α,β-unsaturated/α-hetero) is 1. The molecule has 0 radical (unpaired) electrons. The van der Waals surface area contributed by atoms with E-state index in [0.717, 1.165) is 12.0 Å². The molecule has 0 saturated carbocycles. The van der Waals surface area contributed by atoms with Crippen molar-refractivity contribution in [3.8, 4) is 0 Å². The van der Waals surface area contributed by atoms with Crippen molar-refractivity contribution in [1.29, 1.82) is 0 Å². The van der Waals surface area contributed by atoms with Crippen molar-refractivity contribution in [1.82, 2.24) is 0 Å². The number of carboxylic acid groups (broad SMARTS) is 5. The lowest BCUT2D eigenvalue weighted by Gasteiger charge is -2.26. The van der Waals surface area contributed by atoms with Crippen LogP contribution in [0.25, 0.3) is 0 Å². The minimum absolute atomic E-state index is 0.0215.